The smallest absolute Gasteiger partial charge is 0.288 e. The number of anilines is 1. The van der Waals surface area contributed by atoms with Crippen molar-refractivity contribution in [3.63, 3.8) is 0 Å². The van der Waals surface area contributed by atoms with Gasteiger partial charge in [-0.15, -0.1) is 0 Å². The van der Waals surface area contributed by atoms with Crippen LogP contribution in [0.25, 0.3) is 0 Å². The van der Waals surface area contributed by atoms with Crippen molar-refractivity contribution in [3.8, 4) is 0 Å². The number of pyridine rings is 1. The molecule has 1 aromatic rings. The minimum Gasteiger partial charge on any atom is -0.383 e. The SMILES string of the molecule is CCC1CCCCC1NC(=O)c1cc([N+](=O)[O-])cnc1N. The summed E-state index contributed by atoms with van der Waals surface area (Å²) in [6.45, 7) is 2.11. The van der Waals surface area contributed by atoms with E-state index in [4.69, 9.17) is 5.73 Å². The molecule has 3 N–H and O–H groups in total. The van der Waals surface area contributed by atoms with Gasteiger partial charge in [-0.2, -0.15) is 0 Å². The highest BCUT2D eigenvalue weighted by molar-refractivity contribution is 5.99. The lowest BCUT2D eigenvalue weighted by atomic mass is 9.83. The van der Waals surface area contributed by atoms with Crippen molar-refractivity contribution >= 4 is 17.4 Å². The minimum absolute atomic E-state index is 0.0157. The van der Waals surface area contributed by atoms with Gasteiger partial charge in [0.05, 0.1) is 10.5 Å². The summed E-state index contributed by atoms with van der Waals surface area (Å²) in [4.78, 5) is 26.2. The van der Waals surface area contributed by atoms with Crippen molar-refractivity contribution in [1.29, 1.82) is 0 Å². The zero-order valence-corrected chi connectivity index (χ0v) is 12.0. The third-order valence-corrected chi connectivity index (χ3v) is 4.11. The van der Waals surface area contributed by atoms with Crippen molar-refractivity contribution in [2.75, 3.05) is 5.73 Å². The van der Waals surface area contributed by atoms with E-state index >= 15 is 0 Å². The molecule has 0 aliphatic heterocycles. The van der Waals surface area contributed by atoms with Crippen LogP contribution < -0.4 is 11.1 Å². The van der Waals surface area contributed by atoms with E-state index in [-0.39, 0.29) is 29.0 Å². The van der Waals surface area contributed by atoms with Crippen LogP contribution in [0.5, 0.6) is 0 Å². The number of nitro groups is 1. The number of nitrogens with two attached hydrogens (primary N) is 1. The van der Waals surface area contributed by atoms with Gasteiger partial charge in [-0.05, 0) is 18.8 Å². The Morgan fingerprint density at radius 1 is 1.52 bits per heavy atom. The number of nitrogens with one attached hydrogen (secondary N) is 1. The van der Waals surface area contributed by atoms with Crippen LogP contribution in [-0.4, -0.2) is 21.9 Å². The van der Waals surface area contributed by atoms with E-state index in [1.807, 2.05) is 0 Å². The number of carbonyl (C=O) groups excluding carboxylic acids is 1. The van der Waals surface area contributed by atoms with Crippen LogP contribution in [0.15, 0.2) is 12.3 Å². The fourth-order valence-electron chi connectivity index (χ4n) is 2.88. The van der Waals surface area contributed by atoms with E-state index in [0.29, 0.717) is 5.92 Å². The average Bonchev–Trinajstić information content (AvgIpc) is 2.47. The lowest BCUT2D eigenvalue weighted by Gasteiger charge is -2.31. The van der Waals surface area contributed by atoms with Gasteiger partial charge >= 0.3 is 0 Å². The first-order valence-electron chi connectivity index (χ1n) is 7.23. The Morgan fingerprint density at radius 3 is 2.90 bits per heavy atom. The van der Waals surface area contributed by atoms with Crippen LogP contribution in [0.1, 0.15) is 49.4 Å². The summed E-state index contributed by atoms with van der Waals surface area (Å²) in [6, 6.07) is 1.29. The second-order valence-corrected chi connectivity index (χ2v) is 5.42. The molecule has 0 spiro atoms. The van der Waals surface area contributed by atoms with Crippen molar-refractivity contribution < 1.29 is 9.72 Å². The van der Waals surface area contributed by atoms with E-state index in [2.05, 4.69) is 17.2 Å². The number of nitrogens with zero attached hydrogens (tertiary/aromatic N) is 2. The molecule has 1 aromatic heterocycles. The largest absolute Gasteiger partial charge is 0.383 e. The predicted octanol–water partition coefficient (Wildman–Crippen LogP) is 2.27. The van der Waals surface area contributed by atoms with E-state index in [9.17, 15) is 14.9 Å². The van der Waals surface area contributed by atoms with Crippen molar-refractivity contribution in [2.24, 2.45) is 5.92 Å². The number of hydrogen-bond acceptors (Lipinski definition) is 5. The number of aromatic nitrogens is 1. The van der Waals surface area contributed by atoms with Crippen LogP contribution in [-0.2, 0) is 0 Å². The highest BCUT2D eigenvalue weighted by Crippen LogP contribution is 2.27. The summed E-state index contributed by atoms with van der Waals surface area (Å²) in [5.41, 5.74) is 5.51. The number of hydrogen-bond donors (Lipinski definition) is 2. The molecule has 1 aliphatic carbocycles. The van der Waals surface area contributed by atoms with Crippen LogP contribution >= 0.6 is 0 Å². The van der Waals surface area contributed by atoms with Crippen LogP contribution in [0, 0.1) is 16.0 Å². The molecule has 1 amide bonds. The van der Waals surface area contributed by atoms with Gasteiger partial charge in [0.25, 0.3) is 11.6 Å². The van der Waals surface area contributed by atoms with Gasteiger partial charge in [-0.25, -0.2) is 4.98 Å². The molecule has 7 nitrogen and oxygen atoms in total. The normalized spacial score (nSPS) is 21.8. The summed E-state index contributed by atoms with van der Waals surface area (Å²) in [5.74, 6) is 0.0894. The van der Waals surface area contributed by atoms with Gasteiger partial charge in [-0.1, -0.05) is 26.2 Å². The van der Waals surface area contributed by atoms with Gasteiger partial charge < -0.3 is 11.1 Å². The molecular weight excluding hydrogens is 272 g/mol. The second-order valence-electron chi connectivity index (χ2n) is 5.42. The summed E-state index contributed by atoms with van der Waals surface area (Å²) in [5, 5.41) is 13.7. The third-order valence-electron chi connectivity index (χ3n) is 4.11. The Kier molecular flexibility index (Phi) is 4.72. The molecule has 21 heavy (non-hydrogen) atoms. The molecule has 0 saturated heterocycles. The molecule has 1 saturated carbocycles. The fraction of sp³-hybridized carbons (Fsp3) is 0.571. The quantitative estimate of drug-likeness (QED) is 0.653. The van der Waals surface area contributed by atoms with Crippen molar-refractivity contribution in [1.82, 2.24) is 10.3 Å². The first kappa shape index (κ1) is 15.2. The molecular formula is C14H20N4O3. The van der Waals surface area contributed by atoms with Crippen molar-refractivity contribution in [2.45, 2.75) is 45.1 Å². The molecule has 2 unspecified atom stereocenters. The monoisotopic (exact) mass is 292 g/mol. The number of rotatable bonds is 4. The number of amides is 1. The van der Waals surface area contributed by atoms with Crippen LogP contribution in [0.2, 0.25) is 0 Å². The Balaban J connectivity index is 2.16. The van der Waals surface area contributed by atoms with Gasteiger partial charge in [0.1, 0.15) is 12.0 Å². The third kappa shape index (κ3) is 3.48. The van der Waals surface area contributed by atoms with Crippen LogP contribution in [0.4, 0.5) is 11.5 Å². The standard InChI is InChI=1S/C14H20N4O3/c1-2-9-5-3-4-6-12(9)17-14(19)11-7-10(18(20)21)8-16-13(11)15/h7-9,12H,2-6H2,1H3,(H2,15,16)(H,17,19). The van der Waals surface area contributed by atoms with Gasteiger partial charge in [0, 0.05) is 12.1 Å². The van der Waals surface area contributed by atoms with E-state index in [1.165, 1.54) is 12.5 Å². The summed E-state index contributed by atoms with van der Waals surface area (Å²) < 4.78 is 0. The topological polar surface area (TPSA) is 111 Å². The highest BCUT2D eigenvalue weighted by Gasteiger charge is 2.26. The first-order valence-corrected chi connectivity index (χ1v) is 7.23. The highest BCUT2D eigenvalue weighted by atomic mass is 16.6. The molecule has 1 fully saturated rings. The fourth-order valence-corrected chi connectivity index (χ4v) is 2.88. The molecule has 2 rings (SSSR count). The maximum Gasteiger partial charge on any atom is 0.288 e. The predicted molar refractivity (Wildman–Crippen MR) is 78.8 cm³/mol. The first-order chi connectivity index (χ1) is 10.0. The van der Waals surface area contributed by atoms with Gasteiger partial charge in [0.15, 0.2) is 0 Å². The molecule has 2 atom stereocenters. The lowest BCUT2D eigenvalue weighted by Crippen LogP contribution is -2.42. The summed E-state index contributed by atoms with van der Waals surface area (Å²) in [6.07, 6.45) is 6.38. The van der Waals surface area contributed by atoms with E-state index in [1.54, 1.807) is 0 Å². The Labute approximate surface area is 123 Å². The molecule has 0 bridgehead atoms. The van der Waals surface area contributed by atoms with Gasteiger partial charge in [-0.3, -0.25) is 14.9 Å². The molecule has 7 heteroatoms. The number of carbonyl (C=O) groups is 1. The number of nitrogen functional groups attached to an aromatic ring is 1. The van der Waals surface area contributed by atoms with Gasteiger partial charge in [0.2, 0.25) is 0 Å². The molecule has 0 aromatic carbocycles. The second kappa shape index (κ2) is 6.51. The van der Waals surface area contributed by atoms with Crippen LogP contribution in [0.3, 0.4) is 0 Å². The lowest BCUT2D eigenvalue weighted by molar-refractivity contribution is -0.385. The summed E-state index contributed by atoms with van der Waals surface area (Å²) in [7, 11) is 0. The Bertz CT molecular complexity index is 547. The molecule has 1 heterocycles. The minimum atomic E-state index is -0.585. The molecule has 1 aliphatic rings. The zero-order valence-electron chi connectivity index (χ0n) is 12.0. The van der Waals surface area contributed by atoms with Crippen molar-refractivity contribution in [3.05, 3.63) is 27.9 Å². The molecule has 0 radical (unpaired) electrons. The average molecular weight is 292 g/mol. The van der Waals surface area contributed by atoms with E-state index < -0.39 is 4.92 Å². The summed E-state index contributed by atoms with van der Waals surface area (Å²) >= 11 is 0. The van der Waals surface area contributed by atoms with E-state index in [0.717, 1.165) is 31.9 Å². The maximum atomic E-state index is 12.3. The zero-order chi connectivity index (χ0) is 15.4. The Morgan fingerprint density at radius 2 is 2.24 bits per heavy atom. The Hall–Kier alpha value is -2.18. The maximum absolute atomic E-state index is 12.3. The molecule has 114 valence electrons.